The van der Waals surface area contributed by atoms with Crippen LogP contribution in [-0.2, 0) is 17.4 Å². The Kier molecular flexibility index (Phi) is 8.17. The number of halogens is 3. The molecule has 1 saturated heterocycles. The number of nitrogens with zero attached hydrogens (tertiary/aromatic N) is 2. The summed E-state index contributed by atoms with van der Waals surface area (Å²) in [4.78, 5) is 22.0. The molecule has 1 aliphatic heterocycles. The van der Waals surface area contributed by atoms with Gasteiger partial charge in [-0.3, -0.25) is 4.79 Å². The number of ether oxygens (including phenoxy) is 1. The summed E-state index contributed by atoms with van der Waals surface area (Å²) in [6.07, 6.45) is 0.257. The Labute approximate surface area is 186 Å². The van der Waals surface area contributed by atoms with Crippen molar-refractivity contribution in [3.63, 3.8) is 0 Å². The van der Waals surface area contributed by atoms with E-state index >= 15 is 0 Å². The van der Waals surface area contributed by atoms with Crippen molar-refractivity contribution in [1.82, 2.24) is 20.2 Å². The molecule has 1 aliphatic rings. The second-order valence-corrected chi connectivity index (χ2v) is 8.87. The van der Waals surface area contributed by atoms with Gasteiger partial charge in [0.1, 0.15) is 5.75 Å². The van der Waals surface area contributed by atoms with Gasteiger partial charge in [0.25, 0.3) is 0 Å². The molecule has 1 aromatic carbocycles. The Morgan fingerprint density at radius 2 is 2.16 bits per heavy atom. The molecule has 3 rings (SSSR count). The largest absolute Gasteiger partial charge is 0.493 e. The molecule has 0 aliphatic carbocycles. The summed E-state index contributed by atoms with van der Waals surface area (Å²) < 4.78 is 44.6. The van der Waals surface area contributed by atoms with Crippen molar-refractivity contribution in [3.05, 3.63) is 48.0 Å². The first kappa shape index (κ1) is 24.1. The summed E-state index contributed by atoms with van der Waals surface area (Å²) in [7, 11) is 0. The van der Waals surface area contributed by atoms with E-state index in [-0.39, 0.29) is 30.1 Å². The lowest BCUT2D eigenvalue weighted by Crippen LogP contribution is -2.48. The number of hydrogen-bond donors (Lipinski definition) is 2. The van der Waals surface area contributed by atoms with E-state index in [1.807, 2.05) is 0 Å². The maximum Gasteiger partial charge on any atom is 0.416 e. The van der Waals surface area contributed by atoms with E-state index in [2.05, 4.69) is 34.0 Å². The molecule has 176 valence electrons. The average molecular weight is 453 g/mol. The predicted octanol–water partition coefficient (Wildman–Crippen LogP) is 3.76. The molecule has 0 spiro atoms. The SMILES string of the molecule is CC(C)CN1C[C@@H](COc2cccc(C(F)(F)F)c2)C[C@@H](C(=O)NCCc2cnc[nH]2)C1. The lowest BCUT2D eigenvalue weighted by atomic mass is 9.88. The van der Waals surface area contributed by atoms with Crippen molar-refractivity contribution >= 4 is 5.91 Å². The molecule has 2 atom stereocenters. The van der Waals surface area contributed by atoms with Crippen LogP contribution < -0.4 is 10.1 Å². The summed E-state index contributed by atoms with van der Waals surface area (Å²) in [6.45, 7) is 7.34. The highest BCUT2D eigenvalue weighted by molar-refractivity contribution is 5.79. The molecule has 2 N–H and O–H groups in total. The average Bonchev–Trinajstić information content (AvgIpc) is 3.25. The van der Waals surface area contributed by atoms with Crippen LogP contribution in [0.15, 0.2) is 36.8 Å². The topological polar surface area (TPSA) is 70.2 Å². The van der Waals surface area contributed by atoms with Gasteiger partial charge in [-0.25, -0.2) is 4.98 Å². The van der Waals surface area contributed by atoms with Crippen molar-refractivity contribution in [2.45, 2.75) is 32.9 Å². The molecule has 0 radical (unpaired) electrons. The van der Waals surface area contributed by atoms with Gasteiger partial charge in [-0.05, 0) is 30.5 Å². The highest BCUT2D eigenvalue weighted by Crippen LogP contribution is 2.32. The molecule has 2 heterocycles. The third kappa shape index (κ3) is 7.25. The lowest BCUT2D eigenvalue weighted by Gasteiger charge is -2.38. The van der Waals surface area contributed by atoms with Crippen LogP contribution in [0.5, 0.6) is 5.75 Å². The smallest absolute Gasteiger partial charge is 0.416 e. The number of carbonyl (C=O) groups excluding carboxylic acids is 1. The lowest BCUT2D eigenvalue weighted by molar-refractivity contribution is -0.137. The predicted molar refractivity (Wildman–Crippen MR) is 115 cm³/mol. The van der Waals surface area contributed by atoms with E-state index < -0.39 is 11.7 Å². The number of hydrogen-bond acceptors (Lipinski definition) is 4. The molecular formula is C23H31F3N4O2. The van der Waals surface area contributed by atoms with Gasteiger partial charge in [-0.1, -0.05) is 19.9 Å². The fraction of sp³-hybridized carbons (Fsp3) is 0.565. The summed E-state index contributed by atoms with van der Waals surface area (Å²) in [5, 5.41) is 3.00. The maximum atomic E-state index is 13.0. The monoisotopic (exact) mass is 452 g/mol. The quantitative estimate of drug-likeness (QED) is 0.608. The van der Waals surface area contributed by atoms with Crippen molar-refractivity contribution < 1.29 is 22.7 Å². The van der Waals surface area contributed by atoms with Crippen LogP contribution in [0.4, 0.5) is 13.2 Å². The van der Waals surface area contributed by atoms with Gasteiger partial charge in [0.15, 0.2) is 0 Å². The van der Waals surface area contributed by atoms with Gasteiger partial charge < -0.3 is 19.9 Å². The number of piperidine rings is 1. The number of aromatic nitrogens is 2. The molecule has 2 aromatic rings. The fourth-order valence-electron chi connectivity index (χ4n) is 4.14. The minimum absolute atomic E-state index is 0.00189. The number of aromatic amines is 1. The summed E-state index contributed by atoms with van der Waals surface area (Å²) >= 11 is 0. The Balaban J connectivity index is 1.57. The van der Waals surface area contributed by atoms with E-state index in [9.17, 15) is 18.0 Å². The van der Waals surface area contributed by atoms with Gasteiger partial charge in [0.05, 0.1) is 24.4 Å². The number of likely N-dealkylation sites (tertiary alicyclic amines) is 1. The summed E-state index contributed by atoms with van der Waals surface area (Å²) in [5.74, 6) is 0.519. The number of rotatable bonds is 9. The van der Waals surface area contributed by atoms with Crippen LogP contribution in [-0.4, -0.2) is 53.6 Å². The number of carbonyl (C=O) groups is 1. The maximum absolute atomic E-state index is 13.0. The summed E-state index contributed by atoms with van der Waals surface area (Å²) in [6, 6.07) is 4.93. The van der Waals surface area contributed by atoms with Gasteiger partial charge in [-0.2, -0.15) is 13.2 Å². The van der Waals surface area contributed by atoms with Crippen molar-refractivity contribution in [2.75, 3.05) is 32.8 Å². The molecule has 1 fully saturated rings. The molecule has 0 bridgehead atoms. The van der Waals surface area contributed by atoms with Crippen molar-refractivity contribution in [2.24, 2.45) is 17.8 Å². The van der Waals surface area contributed by atoms with E-state index in [0.29, 0.717) is 31.8 Å². The van der Waals surface area contributed by atoms with Gasteiger partial charge in [0.2, 0.25) is 5.91 Å². The highest BCUT2D eigenvalue weighted by Gasteiger charge is 2.33. The highest BCUT2D eigenvalue weighted by atomic mass is 19.4. The van der Waals surface area contributed by atoms with Gasteiger partial charge >= 0.3 is 6.18 Å². The number of H-pyrrole nitrogens is 1. The summed E-state index contributed by atoms with van der Waals surface area (Å²) in [5.41, 5.74) is 0.234. The zero-order valence-electron chi connectivity index (χ0n) is 18.5. The van der Waals surface area contributed by atoms with E-state index in [1.165, 1.54) is 12.1 Å². The molecule has 0 unspecified atom stereocenters. The second kappa shape index (κ2) is 10.8. The van der Waals surface area contributed by atoms with Crippen LogP contribution in [0.2, 0.25) is 0 Å². The normalized spacial score (nSPS) is 19.8. The number of benzene rings is 1. The Morgan fingerprint density at radius 3 is 2.84 bits per heavy atom. The van der Waals surface area contributed by atoms with Crippen LogP contribution in [0.1, 0.15) is 31.5 Å². The molecular weight excluding hydrogens is 421 g/mol. The fourth-order valence-corrected chi connectivity index (χ4v) is 4.14. The third-order valence-corrected chi connectivity index (χ3v) is 5.50. The van der Waals surface area contributed by atoms with Crippen LogP contribution in [0.25, 0.3) is 0 Å². The molecule has 9 heteroatoms. The Morgan fingerprint density at radius 1 is 1.34 bits per heavy atom. The number of amides is 1. The third-order valence-electron chi connectivity index (χ3n) is 5.50. The minimum Gasteiger partial charge on any atom is -0.493 e. The minimum atomic E-state index is -4.41. The van der Waals surface area contributed by atoms with Crippen LogP contribution in [0, 0.1) is 17.8 Å². The first-order valence-corrected chi connectivity index (χ1v) is 11.0. The first-order chi connectivity index (χ1) is 15.2. The number of nitrogens with one attached hydrogen (secondary N) is 2. The zero-order valence-corrected chi connectivity index (χ0v) is 18.5. The van der Waals surface area contributed by atoms with Crippen molar-refractivity contribution in [3.8, 4) is 5.75 Å². The second-order valence-electron chi connectivity index (χ2n) is 8.87. The van der Waals surface area contributed by atoms with E-state index in [0.717, 1.165) is 30.9 Å². The Hall–Kier alpha value is -2.55. The van der Waals surface area contributed by atoms with Gasteiger partial charge in [0, 0.05) is 50.4 Å². The standard InChI is InChI=1S/C23H31F3N4O2/c1-16(2)11-30-12-17(14-32-21-5-3-4-19(9-21)23(24,25)26)8-18(13-30)22(31)28-7-6-20-10-27-15-29-20/h3-5,9-10,15-18H,6-8,11-14H2,1-2H3,(H,27,29)(H,28,31)/t17-,18+/m0/s1. The Bertz CT molecular complexity index is 855. The molecule has 1 aromatic heterocycles. The zero-order chi connectivity index (χ0) is 23.1. The van der Waals surface area contributed by atoms with E-state index in [1.54, 1.807) is 12.5 Å². The molecule has 1 amide bonds. The van der Waals surface area contributed by atoms with Crippen LogP contribution >= 0.6 is 0 Å². The van der Waals surface area contributed by atoms with Crippen molar-refractivity contribution in [1.29, 1.82) is 0 Å². The molecule has 32 heavy (non-hydrogen) atoms. The number of alkyl halides is 3. The van der Waals surface area contributed by atoms with Gasteiger partial charge in [-0.15, -0.1) is 0 Å². The van der Waals surface area contributed by atoms with E-state index in [4.69, 9.17) is 4.74 Å². The molecule has 6 nitrogen and oxygen atoms in total. The van der Waals surface area contributed by atoms with Crippen LogP contribution in [0.3, 0.4) is 0 Å². The molecule has 0 saturated carbocycles. The number of imidazole rings is 1. The first-order valence-electron chi connectivity index (χ1n) is 11.0.